The number of carbonyl (C=O) groups excluding carboxylic acids is 1. The van der Waals surface area contributed by atoms with Crippen molar-refractivity contribution < 1.29 is 9.53 Å². The molecule has 1 fully saturated rings. The van der Waals surface area contributed by atoms with Crippen LogP contribution in [-0.4, -0.2) is 12.1 Å². The van der Waals surface area contributed by atoms with Crippen LogP contribution in [0.25, 0.3) is 0 Å². The van der Waals surface area contributed by atoms with Gasteiger partial charge in [-0.1, -0.05) is 38.3 Å². The molecule has 0 aromatic carbocycles. The molecule has 0 bridgehead atoms. The Balaban J connectivity index is 1.81. The predicted molar refractivity (Wildman–Crippen MR) is 70.9 cm³/mol. The monoisotopic (exact) mass is 238 g/mol. The SMILES string of the molecule is CC/C=C\CCCCCCCC1CCC(=O)O1. The molecule has 1 aliphatic heterocycles. The summed E-state index contributed by atoms with van der Waals surface area (Å²) in [5, 5.41) is 0. The fourth-order valence-electron chi connectivity index (χ4n) is 2.23. The minimum absolute atomic E-state index is 0.00212. The van der Waals surface area contributed by atoms with Crippen molar-refractivity contribution in [2.75, 3.05) is 0 Å². The van der Waals surface area contributed by atoms with Crippen LogP contribution in [0.4, 0.5) is 0 Å². The Morgan fingerprint density at radius 1 is 1.18 bits per heavy atom. The van der Waals surface area contributed by atoms with E-state index in [4.69, 9.17) is 4.74 Å². The van der Waals surface area contributed by atoms with E-state index < -0.39 is 0 Å². The van der Waals surface area contributed by atoms with Crippen LogP contribution >= 0.6 is 0 Å². The van der Waals surface area contributed by atoms with Gasteiger partial charge in [-0.2, -0.15) is 0 Å². The van der Waals surface area contributed by atoms with Crippen LogP contribution in [0.1, 0.15) is 71.1 Å². The van der Waals surface area contributed by atoms with Crippen molar-refractivity contribution in [3.05, 3.63) is 12.2 Å². The molecular formula is C15H26O2. The van der Waals surface area contributed by atoms with Crippen molar-refractivity contribution >= 4 is 5.97 Å². The first-order valence-electron chi connectivity index (χ1n) is 7.17. The number of cyclic esters (lactones) is 1. The van der Waals surface area contributed by atoms with Crippen molar-refractivity contribution in [2.24, 2.45) is 0 Å². The van der Waals surface area contributed by atoms with Crippen LogP contribution in [-0.2, 0) is 9.53 Å². The average Bonchev–Trinajstić information content (AvgIpc) is 2.73. The molecule has 0 radical (unpaired) electrons. The molecule has 17 heavy (non-hydrogen) atoms. The molecule has 1 heterocycles. The maximum Gasteiger partial charge on any atom is 0.306 e. The summed E-state index contributed by atoms with van der Waals surface area (Å²) in [6.07, 6.45) is 16.3. The highest BCUT2D eigenvalue weighted by Crippen LogP contribution is 2.19. The minimum atomic E-state index is -0.00212. The summed E-state index contributed by atoms with van der Waals surface area (Å²) in [4.78, 5) is 10.9. The van der Waals surface area contributed by atoms with Gasteiger partial charge in [-0.05, 0) is 38.5 Å². The molecule has 98 valence electrons. The maximum absolute atomic E-state index is 10.9. The smallest absolute Gasteiger partial charge is 0.306 e. The second-order valence-electron chi connectivity index (χ2n) is 4.88. The lowest BCUT2D eigenvalue weighted by Crippen LogP contribution is -2.06. The number of hydrogen-bond donors (Lipinski definition) is 0. The van der Waals surface area contributed by atoms with Crippen LogP contribution in [0.2, 0.25) is 0 Å². The lowest BCUT2D eigenvalue weighted by molar-refractivity contribution is -0.141. The van der Waals surface area contributed by atoms with E-state index in [1.165, 1.54) is 38.5 Å². The zero-order valence-corrected chi connectivity index (χ0v) is 11.1. The molecule has 0 aromatic heterocycles. The molecule has 1 atom stereocenters. The van der Waals surface area contributed by atoms with Gasteiger partial charge in [0, 0.05) is 6.42 Å². The van der Waals surface area contributed by atoms with Gasteiger partial charge in [-0.15, -0.1) is 0 Å². The van der Waals surface area contributed by atoms with Crippen molar-refractivity contribution in [2.45, 2.75) is 77.2 Å². The van der Waals surface area contributed by atoms with Crippen LogP contribution < -0.4 is 0 Å². The molecule has 0 spiro atoms. The molecule has 0 amide bonds. The highest BCUT2D eigenvalue weighted by molar-refractivity contribution is 5.71. The number of esters is 1. The number of rotatable bonds is 9. The standard InChI is InChI=1S/C15H26O2/c1-2-3-4-5-6-7-8-9-10-11-14-12-13-15(16)17-14/h3-4,14H,2,5-13H2,1H3/b4-3-. The number of carbonyl (C=O) groups is 1. The predicted octanol–water partition coefficient (Wildman–Crippen LogP) is 4.39. The molecule has 1 rings (SSSR count). The van der Waals surface area contributed by atoms with E-state index in [1.807, 2.05) is 0 Å². The fraction of sp³-hybridized carbons (Fsp3) is 0.800. The molecule has 1 aliphatic rings. The molecule has 1 saturated heterocycles. The number of unbranched alkanes of at least 4 members (excludes halogenated alkanes) is 5. The van der Waals surface area contributed by atoms with E-state index in [-0.39, 0.29) is 12.1 Å². The van der Waals surface area contributed by atoms with E-state index in [0.29, 0.717) is 6.42 Å². The quantitative estimate of drug-likeness (QED) is 0.338. The van der Waals surface area contributed by atoms with Gasteiger partial charge in [0.25, 0.3) is 0 Å². The molecule has 2 heteroatoms. The van der Waals surface area contributed by atoms with E-state index >= 15 is 0 Å². The van der Waals surface area contributed by atoms with Crippen molar-refractivity contribution in [3.8, 4) is 0 Å². The summed E-state index contributed by atoms with van der Waals surface area (Å²) >= 11 is 0. The van der Waals surface area contributed by atoms with Gasteiger partial charge in [0.15, 0.2) is 0 Å². The first-order valence-corrected chi connectivity index (χ1v) is 7.17. The zero-order valence-electron chi connectivity index (χ0n) is 11.1. The largest absolute Gasteiger partial charge is 0.462 e. The average molecular weight is 238 g/mol. The molecular weight excluding hydrogens is 212 g/mol. The summed E-state index contributed by atoms with van der Waals surface area (Å²) in [6, 6.07) is 0. The molecule has 1 unspecified atom stereocenters. The van der Waals surface area contributed by atoms with Crippen LogP contribution in [0.3, 0.4) is 0 Å². The van der Waals surface area contributed by atoms with Gasteiger partial charge in [-0.25, -0.2) is 0 Å². The Morgan fingerprint density at radius 3 is 2.65 bits per heavy atom. The van der Waals surface area contributed by atoms with Gasteiger partial charge in [0.05, 0.1) is 0 Å². The molecule has 0 aliphatic carbocycles. The van der Waals surface area contributed by atoms with Crippen molar-refractivity contribution in [1.82, 2.24) is 0 Å². The number of allylic oxidation sites excluding steroid dienone is 2. The molecule has 0 aromatic rings. The van der Waals surface area contributed by atoms with Crippen LogP contribution in [0, 0.1) is 0 Å². The Labute approximate surface area is 105 Å². The lowest BCUT2D eigenvalue weighted by Gasteiger charge is -2.08. The lowest BCUT2D eigenvalue weighted by atomic mass is 10.1. The Hall–Kier alpha value is -0.790. The van der Waals surface area contributed by atoms with E-state index in [2.05, 4.69) is 19.1 Å². The maximum atomic E-state index is 10.9. The highest BCUT2D eigenvalue weighted by Gasteiger charge is 2.22. The Morgan fingerprint density at radius 2 is 1.94 bits per heavy atom. The second kappa shape index (κ2) is 9.26. The molecule has 0 N–H and O–H groups in total. The Bertz CT molecular complexity index is 233. The topological polar surface area (TPSA) is 26.3 Å². The van der Waals surface area contributed by atoms with Gasteiger partial charge >= 0.3 is 5.97 Å². The third-order valence-electron chi connectivity index (χ3n) is 3.27. The fourth-order valence-corrected chi connectivity index (χ4v) is 2.23. The van der Waals surface area contributed by atoms with Gasteiger partial charge in [-0.3, -0.25) is 4.79 Å². The summed E-state index contributed by atoms with van der Waals surface area (Å²) in [5.74, 6) is -0.00212. The Kier molecular flexibility index (Phi) is 7.78. The van der Waals surface area contributed by atoms with Gasteiger partial charge in [0.1, 0.15) is 6.10 Å². The zero-order chi connectivity index (χ0) is 12.3. The van der Waals surface area contributed by atoms with E-state index in [9.17, 15) is 4.79 Å². The van der Waals surface area contributed by atoms with Crippen molar-refractivity contribution in [3.63, 3.8) is 0 Å². The molecule has 0 saturated carbocycles. The minimum Gasteiger partial charge on any atom is -0.462 e. The van der Waals surface area contributed by atoms with Crippen LogP contribution in [0.5, 0.6) is 0 Å². The van der Waals surface area contributed by atoms with Crippen LogP contribution in [0.15, 0.2) is 12.2 Å². The van der Waals surface area contributed by atoms with E-state index in [0.717, 1.165) is 19.3 Å². The normalized spacial score (nSPS) is 20.1. The van der Waals surface area contributed by atoms with Gasteiger partial charge < -0.3 is 4.74 Å². The third-order valence-corrected chi connectivity index (χ3v) is 3.27. The van der Waals surface area contributed by atoms with Crippen molar-refractivity contribution in [1.29, 1.82) is 0 Å². The first-order chi connectivity index (χ1) is 8.33. The summed E-state index contributed by atoms with van der Waals surface area (Å²) in [6.45, 7) is 2.17. The first kappa shape index (κ1) is 14.3. The highest BCUT2D eigenvalue weighted by atomic mass is 16.5. The second-order valence-corrected chi connectivity index (χ2v) is 4.88. The van der Waals surface area contributed by atoms with E-state index in [1.54, 1.807) is 0 Å². The third kappa shape index (κ3) is 7.19. The number of hydrogen-bond acceptors (Lipinski definition) is 2. The number of ether oxygens (including phenoxy) is 1. The summed E-state index contributed by atoms with van der Waals surface area (Å²) in [7, 11) is 0. The van der Waals surface area contributed by atoms with Gasteiger partial charge in [0.2, 0.25) is 0 Å². The summed E-state index contributed by atoms with van der Waals surface area (Å²) < 4.78 is 5.19. The summed E-state index contributed by atoms with van der Waals surface area (Å²) in [5.41, 5.74) is 0. The molecule has 2 nitrogen and oxygen atoms in total.